The zero-order chi connectivity index (χ0) is 14.4. The first-order valence-electron chi connectivity index (χ1n) is 6.22. The van der Waals surface area contributed by atoms with E-state index in [9.17, 15) is 9.59 Å². The van der Waals surface area contributed by atoms with E-state index < -0.39 is 6.03 Å². The molecular weight excluding hydrogens is 260 g/mol. The van der Waals surface area contributed by atoms with Gasteiger partial charge in [-0.1, -0.05) is 17.7 Å². The minimum atomic E-state index is -0.439. The van der Waals surface area contributed by atoms with E-state index in [0.29, 0.717) is 6.54 Å². The van der Waals surface area contributed by atoms with E-state index in [4.69, 9.17) is 0 Å². The van der Waals surface area contributed by atoms with Crippen LogP contribution in [-0.4, -0.2) is 24.2 Å². The van der Waals surface area contributed by atoms with E-state index >= 15 is 0 Å². The largest absolute Gasteiger partial charge is 0.338 e. The van der Waals surface area contributed by atoms with Gasteiger partial charge in [0.15, 0.2) is 0 Å². The number of hydrogen-bond donors (Lipinski definition) is 2. The van der Waals surface area contributed by atoms with Crippen LogP contribution in [0.4, 0.5) is 4.79 Å². The first-order valence-corrected chi connectivity index (χ1v) is 7.21. The standard InChI is InChI=1S/C14H20N2O2S/c1-5-15-14(18)16-12(17)8-19-13-10(3)6-9(2)7-11(13)4/h6-7H,5,8H2,1-4H3,(H2,15,16,17,18). The zero-order valence-electron chi connectivity index (χ0n) is 11.8. The van der Waals surface area contributed by atoms with Gasteiger partial charge in [0.2, 0.25) is 5.91 Å². The van der Waals surface area contributed by atoms with Crippen molar-refractivity contribution < 1.29 is 9.59 Å². The highest BCUT2D eigenvalue weighted by molar-refractivity contribution is 8.00. The van der Waals surface area contributed by atoms with Crippen molar-refractivity contribution in [2.24, 2.45) is 0 Å². The minimum Gasteiger partial charge on any atom is -0.338 e. The van der Waals surface area contributed by atoms with E-state index in [-0.39, 0.29) is 11.7 Å². The van der Waals surface area contributed by atoms with E-state index in [1.54, 1.807) is 6.92 Å². The maximum atomic E-state index is 11.6. The van der Waals surface area contributed by atoms with Crippen LogP contribution >= 0.6 is 11.8 Å². The van der Waals surface area contributed by atoms with Crippen LogP contribution in [0.1, 0.15) is 23.6 Å². The average molecular weight is 280 g/mol. The SMILES string of the molecule is CCNC(=O)NC(=O)CSc1c(C)cc(C)cc1C. The molecule has 3 amide bonds. The fourth-order valence-corrected chi connectivity index (χ4v) is 2.82. The third-order valence-electron chi connectivity index (χ3n) is 2.54. The molecule has 19 heavy (non-hydrogen) atoms. The maximum absolute atomic E-state index is 11.6. The van der Waals surface area contributed by atoms with E-state index in [0.717, 1.165) is 16.0 Å². The van der Waals surface area contributed by atoms with Gasteiger partial charge in [0.1, 0.15) is 0 Å². The van der Waals surface area contributed by atoms with Crippen molar-refractivity contribution in [2.75, 3.05) is 12.3 Å². The summed E-state index contributed by atoms with van der Waals surface area (Å²) in [4.78, 5) is 23.9. The number of benzene rings is 1. The summed E-state index contributed by atoms with van der Waals surface area (Å²) in [6, 6.07) is 3.75. The molecule has 0 aliphatic rings. The van der Waals surface area contributed by atoms with E-state index in [1.807, 2.05) is 13.8 Å². The van der Waals surface area contributed by atoms with Gasteiger partial charge in [-0.25, -0.2) is 4.79 Å². The van der Waals surface area contributed by atoms with Gasteiger partial charge >= 0.3 is 6.03 Å². The lowest BCUT2D eigenvalue weighted by Gasteiger charge is -2.10. The number of thioether (sulfide) groups is 1. The Morgan fingerprint density at radius 1 is 1.16 bits per heavy atom. The Kier molecular flexibility index (Phi) is 5.89. The molecule has 0 aliphatic carbocycles. The molecule has 1 aromatic rings. The fourth-order valence-electron chi connectivity index (χ4n) is 1.90. The fraction of sp³-hybridized carbons (Fsp3) is 0.429. The van der Waals surface area contributed by atoms with Gasteiger partial charge in [0.05, 0.1) is 5.75 Å². The molecule has 1 aromatic carbocycles. The molecule has 0 aromatic heterocycles. The van der Waals surface area contributed by atoms with Crippen LogP contribution in [0.3, 0.4) is 0 Å². The summed E-state index contributed by atoms with van der Waals surface area (Å²) in [6.07, 6.45) is 0. The summed E-state index contributed by atoms with van der Waals surface area (Å²) in [5.74, 6) is -0.0441. The van der Waals surface area contributed by atoms with Crippen molar-refractivity contribution in [1.82, 2.24) is 10.6 Å². The van der Waals surface area contributed by atoms with Crippen molar-refractivity contribution in [3.8, 4) is 0 Å². The predicted molar refractivity (Wildman–Crippen MR) is 78.6 cm³/mol. The Hall–Kier alpha value is -1.49. The van der Waals surface area contributed by atoms with Gasteiger partial charge in [-0.3, -0.25) is 10.1 Å². The van der Waals surface area contributed by atoms with Crippen LogP contribution in [0.15, 0.2) is 17.0 Å². The Morgan fingerprint density at radius 2 is 1.74 bits per heavy atom. The van der Waals surface area contributed by atoms with Gasteiger partial charge in [-0.15, -0.1) is 11.8 Å². The van der Waals surface area contributed by atoms with Crippen molar-refractivity contribution in [3.05, 3.63) is 28.8 Å². The number of rotatable bonds is 4. The van der Waals surface area contributed by atoms with E-state index in [2.05, 4.69) is 29.7 Å². The molecule has 4 nitrogen and oxygen atoms in total. The Bertz CT molecular complexity index is 463. The smallest absolute Gasteiger partial charge is 0.321 e. The van der Waals surface area contributed by atoms with Crippen LogP contribution in [0.5, 0.6) is 0 Å². The minimum absolute atomic E-state index is 0.238. The van der Waals surface area contributed by atoms with Gasteiger partial charge < -0.3 is 5.32 Å². The molecule has 0 saturated carbocycles. The average Bonchev–Trinajstić information content (AvgIpc) is 2.27. The number of amides is 3. The molecule has 0 fully saturated rings. The zero-order valence-corrected chi connectivity index (χ0v) is 12.6. The molecule has 0 radical (unpaired) electrons. The van der Waals surface area contributed by atoms with Crippen molar-refractivity contribution in [1.29, 1.82) is 0 Å². The molecule has 104 valence electrons. The molecule has 0 heterocycles. The van der Waals surface area contributed by atoms with Gasteiger partial charge in [-0.05, 0) is 38.8 Å². The van der Waals surface area contributed by atoms with Crippen LogP contribution in [0, 0.1) is 20.8 Å². The highest BCUT2D eigenvalue weighted by Gasteiger charge is 2.10. The number of aryl methyl sites for hydroxylation is 3. The topological polar surface area (TPSA) is 58.2 Å². The maximum Gasteiger partial charge on any atom is 0.321 e. The monoisotopic (exact) mass is 280 g/mol. The number of hydrogen-bond acceptors (Lipinski definition) is 3. The summed E-state index contributed by atoms with van der Waals surface area (Å²) >= 11 is 1.46. The third kappa shape index (κ3) is 4.95. The lowest BCUT2D eigenvalue weighted by Crippen LogP contribution is -2.40. The van der Waals surface area contributed by atoms with Crippen molar-refractivity contribution in [2.45, 2.75) is 32.6 Å². The first-order chi connectivity index (χ1) is 8.93. The lowest BCUT2D eigenvalue weighted by molar-refractivity contribution is -0.117. The summed E-state index contributed by atoms with van der Waals surface area (Å²) in [5, 5.41) is 4.82. The Morgan fingerprint density at radius 3 is 2.26 bits per heavy atom. The third-order valence-corrected chi connectivity index (χ3v) is 3.88. The van der Waals surface area contributed by atoms with Crippen LogP contribution in [0.25, 0.3) is 0 Å². The second-order valence-electron chi connectivity index (χ2n) is 4.42. The number of imide groups is 1. The highest BCUT2D eigenvalue weighted by atomic mass is 32.2. The Balaban J connectivity index is 2.58. The number of urea groups is 1. The summed E-state index contributed by atoms with van der Waals surface area (Å²) in [5.41, 5.74) is 3.53. The number of carbonyl (C=O) groups excluding carboxylic acids is 2. The molecule has 0 unspecified atom stereocenters. The molecule has 0 bridgehead atoms. The molecule has 1 rings (SSSR count). The molecule has 2 N–H and O–H groups in total. The lowest BCUT2D eigenvalue weighted by atomic mass is 10.1. The molecule has 0 aliphatic heterocycles. The Labute approximate surface area is 118 Å². The van der Waals surface area contributed by atoms with Gasteiger partial charge in [0, 0.05) is 11.4 Å². The van der Waals surface area contributed by atoms with Gasteiger partial charge in [-0.2, -0.15) is 0 Å². The summed E-state index contributed by atoms with van der Waals surface area (Å²) < 4.78 is 0. The molecule has 0 spiro atoms. The number of nitrogens with one attached hydrogen (secondary N) is 2. The summed E-state index contributed by atoms with van der Waals surface area (Å²) in [6.45, 7) is 8.42. The van der Waals surface area contributed by atoms with E-state index in [1.165, 1.54) is 17.3 Å². The molecular formula is C14H20N2O2S. The molecule has 5 heteroatoms. The number of carbonyl (C=O) groups is 2. The second-order valence-corrected chi connectivity index (χ2v) is 5.41. The van der Waals surface area contributed by atoms with Crippen molar-refractivity contribution >= 4 is 23.7 Å². The quantitative estimate of drug-likeness (QED) is 0.833. The van der Waals surface area contributed by atoms with Crippen molar-refractivity contribution in [3.63, 3.8) is 0 Å². The summed E-state index contributed by atoms with van der Waals surface area (Å²) in [7, 11) is 0. The van der Waals surface area contributed by atoms with Gasteiger partial charge in [0.25, 0.3) is 0 Å². The second kappa shape index (κ2) is 7.19. The predicted octanol–water partition coefficient (Wildman–Crippen LogP) is 2.55. The molecule has 0 atom stereocenters. The molecule has 0 saturated heterocycles. The van der Waals surface area contributed by atoms with Crippen LogP contribution in [-0.2, 0) is 4.79 Å². The first kappa shape index (κ1) is 15.6. The highest BCUT2D eigenvalue weighted by Crippen LogP contribution is 2.27. The van der Waals surface area contributed by atoms with Crippen LogP contribution in [0.2, 0.25) is 0 Å². The normalized spacial score (nSPS) is 10.1. The van der Waals surface area contributed by atoms with Crippen LogP contribution < -0.4 is 10.6 Å².